The van der Waals surface area contributed by atoms with E-state index in [9.17, 15) is 18.0 Å². The van der Waals surface area contributed by atoms with Gasteiger partial charge in [-0.1, -0.05) is 20.3 Å². The molecule has 6 heteroatoms. The molecule has 3 atom stereocenters. The molecule has 1 fully saturated rings. The van der Waals surface area contributed by atoms with Crippen molar-refractivity contribution in [3.05, 3.63) is 0 Å². The van der Waals surface area contributed by atoms with Gasteiger partial charge in [0.1, 0.15) is 0 Å². The van der Waals surface area contributed by atoms with E-state index >= 15 is 0 Å². The van der Waals surface area contributed by atoms with Crippen LogP contribution in [0.3, 0.4) is 0 Å². The molecule has 1 N–H and O–H groups in total. The minimum atomic E-state index is -4.17. The summed E-state index contributed by atoms with van der Waals surface area (Å²) in [5, 5.41) is 2.80. The third kappa shape index (κ3) is 5.16. The van der Waals surface area contributed by atoms with Gasteiger partial charge in [0.05, 0.1) is 12.0 Å². The molecule has 124 valence electrons. The fraction of sp³-hybridized carbons (Fsp3) is 0.933. The second-order valence-electron chi connectivity index (χ2n) is 5.92. The van der Waals surface area contributed by atoms with E-state index in [0.29, 0.717) is 6.54 Å². The van der Waals surface area contributed by atoms with Crippen LogP contribution < -0.4 is 5.32 Å². The van der Waals surface area contributed by atoms with Crippen molar-refractivity contribution in [3.63, 3.8) is 0 Å². The molecule has 1 aliphatic rings. The van der Waals surface area contributed by atoms with Crippen molar-refractivity contribution < 1.29 is 18.0 Å². The minimum Gasteiger partial charge on any atom is -0.339 e. The number of piperidine rings is 1. The lowest BCUT2D eigenvalue weighted by atomic mass is 9.93. The van der Waals surface area contributed by atoms with Crippen LogP contribution >= 0.6 is 0 Å². The topological polar surface area (TPSA) is 32.3 Å². The van der Waals surface area contributed by atoms with Crippen LogP contribution in [0, 0.1) is 5.92 Å². The van der Waals surface area contributed by atoms with E-state index in [4.69, 9.17) is 0 Å². The Morgan fingerprint density at radius 3 is 2.43 bits per heavy atom. The molecule has 3 unspecified atom stereocenters. The first-order valence-corrected chi connectivity index (χ1v) is 7.91. The summed E-state index contributed by atoms with van der Waals surface area (Å²) in [6.07, 6.45) is -1.09. The minimum absolute atomic E-state index is 0.0367. The number of amides is 1. The Morgan fingerprint density at radius 1 is 1.33 bits per heavy atom. The Labute approximate surface area is 125 Å². The fourth-order valence-electron chi connectivity index (χ4n) is 2.64. The molecule has 0 aromatic carbocycles. The van der Waals surface area contributed by atoms with Gasteiger partial charge in [0, 0.05) is 19.1 Å². The normalized spacial score (nSPS) is 24.7. The number of halogens is 3. The van der Waals surface area contributed by atoms with Crippen molar-refractivity contribution in [1.29, 1.82) is 0 Å². The van der Waals surface area contributed by atoms with Crippen LogP contribution in [0.25, 0.3) is 0 Å². The Morgan fingerprint density at radius 2 is 2.00 bits per heavy atom. The number of alkyl halides is 3. The van der Waals surface area contributed by atoms with Crippen LogP contribution in [0.1, 0.15) is 52.9 Å². The molecule has 0 aliphatic carbocycles. The SMILES string of the molecule is CCCCN(C(=O)C1CCC(C(F)(F)F)CN1)C(C)CC. The molecular formula is C15H27F3N2O. The maximum Gasteiger partial charge on any atom is 0.393 e. The molecule has 0 saturated carbocycles. The number of carbonyl (C=O) groups is 1. The molecule has 0 aromatic rings. The highest BCUT2D eigenvalue weighted by molar-refractivity contribution is 5.82. The van der Waals surface area contributed by atoms with Gasteiger partial charge in [-0.25, -0.2) is 0 Å². The van der Waals surface area contributed by atoms with Crippen LogP contribution in [0.4, 0.5) is 13.2 Å². The number of carbonyl (C=O) groups excluding carboxylic acids is 1. The lowest BCUT2D eigenvalue weighted by Gasteiger charge is -2.36. The number of nitrogens with one attached hydrogen (secondary N) is 1. The van der Waals surface area contributed by atoms with Gasteiger partial charge in [0.15, 0.2) is 0 Å². The van der Waals surface area contributed by atoms with Gasteiger partial charge < -0.3 is 10.2 Å². The zero-order valence-electron chi connectivity index (χ0n) is 13.2. The Kier molecular flexibility index (Phi) is 6.97. The molecule has 0 radical (unpaired) electrons. The molecule has 0 aromatic heterocycles. The van der Waals surface area contributed by atoms with Gasteiger partial charge in [0.2, 0.25) is 5.91 Å². The lowest BCUT2D eigenvalue weighted by molar-refractivity contribution is -0.181. The fourth-order valence-corrected chi connectivity index (χ4v) is 2.64. The summed E-state index contributed by atoms with van der Waals surface area (Å²) in [4.78, 5) is 14.4. The molecule has 21 heavy (non-hydrogen) atoms. The number of hydrogen-bond acceptors (Lipinski definition) is 2. The van der Waals surface area contributed by atoms with Crippen LogP contribution in [0.5, 0.6) is 0 Å². The zero-order valence-corrected chi connectivity index (χ0v) is 13.2. The van der Waals surface area contributed by atoms with Gasteiger partial charge in [-0.15, -0.1) is 0 Å². The summed E-state index contributed by atoms with van der Waals surface area (Å²) in [7, 11) is 0. The van der Waals surface area contributed by atoms with Crippen molar-refractivity contribution in [2.75, 3.05) is 13.1 Å². The highest BCUT2D eigenvalue weighted by Gasteiger charge is 2.43. The lowest BCUT2D eigenvalue weighted by Crippen LogP contribution is -2.54. The molecule has 1 heterocycles. The number of hydrogen-bond donors (Lipinski definition) is 1. The molecule has 1 rings (SSSR count). The molecule has 1 saturated heterocycles. The van der Waals surface area contributed by atoms with Gasteiger partial charge in [-0.2, -0.15) is 13.2 Å². The van der Waals surface area contributed by atoms with Crippen LogP contribution in [0.15, 0.2) is 0 Å². The Hall–Kier alpha value is -0.780. The summed E-state index contributed by atoms with van der Waals surface area (Å²) >= 11 is 0. The predicted molar refractivity (Wildman–Crippen MR) is 76.9 cm³/mol. The molecule has 1 aliphatic heterocycles. The van der Waals surface area contributed by atoms with E-state index in [1.807, 2.05) is 18.7 Å². The van der Waals surface area contributed by atoms with Crippen molar-refractivity contribution in [2.45, 2.75) is 71.1 Å². The number of nitrogens with zero attached hydrogens (tertiary/aromatic N) is 1. The summed E-state index contributed by atoms with van der Waals surface area (Å²) < 4.78 is 37.9. The second kappa shape index (κ2) is 8.01. The largest absolute Gasteiger partial charge is 0.393 e. The smallest absolute Gasteiger partial charge is 0.339 e. The van der Waals surface area contributed by atoms with Crippen LogP contribution in [-0.4, -0.2) is 42.2 Å². The monoisotopic (exact) mass is 308 g/mol. The van der Waals surface area contributed by atoms with Gasteiger partial charge in [0.25, 0.3) is 0 Å². The number of rotatable bonds is 6. The third-order valence-corrected chi connectivity index (χ3v) is 4.33. The average molecular weight is 308 g/mol. The van der Waals surface area contributed by atoms with Crippen molar-refractivity contribution in [3.8, 4) is 0 Å². The first-order chi connectivity index (χ1) is 9.81. The molecular weight excluding hydrogens is 281 g/mol. The van der Waals surface area contributed by atoms with Crippen LogP contribution in [0.2, 0.25) is 0 Å². The van der Waals surface area contributed by atoms with E-state index in [-0.39, 0.29) is 31.3 Å². The molecule has 0 spiro atoms. The van der Waals surface area contributed by atoms with E-state index < -0.39 is 18.1 Å². The summed E-state index contributed by atoms with van der Waals surface area (Å²) in [6, 6.07) is -0.333. The standard InChI is InChI=1S/C15H27F3N2O/c1-4-6-9-20(11(3)5-2)14(21)13-8-7-12(10-19-13)15(16,17)18/h11-13,19H,4-10H2,1-3H3. The molecule has 3 nitrogen and oxygen atoms in total. The second-order valence-corrected chi connectivity index (χ2v) is 5.92. The summed E-state index contributed by atoms with van der Waals surface area (Å²) in [6.45, 7) is 6.61. The Bertz CT molecular complexity index is 325. The van der Waals surface area contributed by atoms with E-state index in [0.717, 1.165) is 19.3 Å². The van der Waals surface area contributed by atoms with Crippen LogP contribution in [-0.2, 0) is 4.79 Å². The maximum atomic E-state index is 12.6. The zero-order chi connectivity index (χ0) is 16.0. The Balaban J connectivity index is 2.60. The first-order valence-electron chi connectivity index (χ1n) is 7.91. The van der Waals surface area contributed by atoms with Crippen molar-refractivity contribution in [1.82, 2.24) is 10.2 Å². The first kappa shape index (κ1) is 18.3. The predicted octanol–water partition coefficient (Wildman–Crippen LogP) is 3.34. The van der Waals surface area contributed by atoms with Gasteiger partial charge in [-0.3, -0.25) is 4.79 Å². The van der Waals surface area contributed by atoms with Crippen molar-refractivity contribution in [2.24, 2.45) is 5.92 Å². The molecule has 1 amide bonds. The average Bonchev–Trinajstić information content (AvgIpc) is 2.46. The highest BCUT2D eigenvalue weighted by atomic mass is 19.4. The summed E-state index contributed by atoms with van der Waals surface area (Å²) in [5.74, 6) is -1.37. The van der Waals surface area contributed by atoms with E-state index in [1.165, 1.54) is 0 Å². The maximum absolute atomic E-state index is 12.6. The summed E-state index contributed by atoms with van der Waals surface area (Å²) in [5.41, 5.74) is 0. The van der Waals surface area contributed by atoms with Crippen molar-refractivity contribution >= 4 is 5.91 Å². The third-order valence-electron chi connectivity index (χ3n) is 4.33. The molecule has 0 bridgehead atoms. The highest BCUT2D eigenvalue weighted by Crippen LogP contribution is 2.32. The van der Waals surface area contributed by atoms with Gasteiger partial charge >= 0.3 is 6.18 Å². The van der Waals surface area contributed by atoms with Gasteiger partial charge in [-0.05, 0) is 32.6 Å². The van der Waals surface area contributed by atoms with E-state index in [1.54, 1.807) is 0 Å². The van der Waals surface area contributed by atoms with E-state index in [2.05, 4.69) is 12.2 Å². The number of unbranched alkanes of at least 4 members (excludes halogenated alkanes) is 1. The quantitative estimate of drug-likeness (QED) is 0.816.